The maximum absolute atomic E-state index is 13.6. The predicted octanol–water partition coefficient (Wildman–Crippen LogP) is 2.24. The van der Waals surface area contributed by atoms with Gasteiger partial charge in [-0.25, -0.2) is 4.21 Å². The van der Waals surface area contributed by atoms with Gasteiger partial charge in [-0.3, -0.25) is 8.96 Å². The second kappa shape index (κ2) is 8.37. The van der Waals surface area contributed by atoms with Crippen LogP contribution in [-0.2, 0) is 15.7 Å². The van der Waals surface area contributed by atoms with E-state index in [9.17, 15) is 4.21 Å². The largest absolute Gasteiger partial charge is 0.380 e. The zero-order chi connectivity index (χ0) is 20.5. The summed E-state index contributed by atoms with van der Waals surface area (Å²) in [5.74, 6) is 0. The van der Waals surface area contributed by atoms with Crippen LogP contribution in [0.15, 0.2) is 53.7 Å². The molecule has 158 valence electrons. The van der Waals surface area contributed by atoms with Gasteiger partial charge < -0.3 is 19.9 Å². The summed E-state index contributed by atoms with van der Waals surface area (Å²) < 4.78 is 21.0. The third-order valence-electron chi connectivity index (χ3n) is 6.01. The topological polar surface area (TPSA) is 62.6 Å². The summed E-state index contributed by atoms with van der Waals surface area (Å²) in [6, 6.07) is 12.0. The van der Waals surface area contributed by atoms with Gasteiger partial charge in [0, 0.05) is 64.5 Å². The average molecular weight is 426 g/mol. The summed E-state index contributed by atoms with van der Waals surface area (Å²) in [7, 11) is 0.415. The number of methoxy groups -OCH3 is 1. The van der Waals surface area contributed by atoms with Crippen LogP contribution in [0.2, 0.25) is 0 Å². The monoisotopic (exact) mass is 425 g/mol. The molecule has 2 atom stereocenters. The molecule has 0 spiro atoms. The molecule has 4 heterocycles. The molecule has 0 saturated carbocycles. The molecule has 8 heteroatoms. The summed E-state index contributed by atoms with van der Waals surface area (Å²) in [4.78, 5) is 10.0. The number of hydrogen-bond acceptors (Lipinski definition) is 6. The van der Waals surface area contributed by atoms with Crippen molar-refractivity contribution in [1.29, 1.82) is 0 Å². The molecule has 2 aliphatic rings. The van der Waals surface area contributed by atoms with Crippen LogP contribution in [0.1, 0.15) is 6.42 Å². The molecule has 1 unspecified atom stereocenters. The lowest BCUT2D eigenvalue weighted by molar-refractivity contribution is 0.121. The van der Waals surface area contributed by atoms with E-state index in [0.29, 0.717) is 0 Å². The maximum atomic E-state index is 13.6. The third kappa shape index (κ3) is 3.59. The smallest absolute Gasteiger partial charge is 0.157 e. The van der Waals surface area contributed by atoms with E-state index in [4.69, 9.17) is 4.74 Å². The number of nitrogens with zero attached hydrogens (tertiary/aromatic N) is 4. The standard InChI is InChI=1S/C22H27N5O2S/c1-29-18-7-11-26(15-18)17-4-2-5-19(14-17)30(28)27-16-21(25-12-9-23-10-13-25)22-20(27)6-3-8-24-22/h2-6,8,14,16,18,23H,7,9-13,15H2,1H3/t18-,30?/m0/s1. The number of nitrogens with one attached hydrogen (secondary N) is 1. The zero-order valence-corrected chi connectivity index (χ0v) is 18.0. The van der Waals surface area contributed by atoms with Crippen LogP contribution in [-0.4, -0.2) is 65.6 Å². The Bertz CT molecular complexity index is 1060. The van der Waals surface area contributed by atoms with Crippen molar-refractivity contribution < 1.29 is 8.95 Å². The number of ether oxygens (including phenoxy) is 1. The number of hydrogen-bond donors (Lipinski definition) is 1. The van der Waals surface area contributed by atoms with Crippen LogP contribution in [0, 0.1) is 0 Å². The molecule has 3 aromatic rings. The average Bonchev–Trinajstić information content (AvgIpc) is 3.44. The van der Waals surface area contributed by atoms with Gasteiger partial charge in [0.25, 0.3) is 0 Å². The van der Waals surface area contributed by atoms with Crippen molar-refractivity contribution in [2.75, 3.05) is 56.2 Å². The summed E-state index contributed by atoms with van der Waals surface area (Å²) in [6.45, 7) is 5.57. The quantitative estimate of drug-likeness (QED) is 0.677. The fourth-order valence-corrected chi connectivity index (χ4v) is 5.51. The summed E-state index contributed by atoms with van der Waals surface area (Å²) in [6.07, 6.45) is 5.09. The number of aromatic nitrogens is 2. The molecule has 2 aromatic heterocycles. The maximum Gasteiger partial charge on any atom is 0.157 e. The lowest BCUT2D eigenvalue weighted by Crippen LogP contribution is -2.43. The molecule has 0 radical (unpaired) electrons. The van der Waals surface area contributed by atoms with Gasteiger partial charge in [0.15, 0.2) is 11.0 Å². The highest BCUT2D eigenvalue weighted by molar-refractivity contribution is 7.83. The highest BCUT2D eigenvalue weighted by atomic mass is 32.2. The highest BCUT2D eigenvalue weighted by Gasteiger charge is 2.24. The molecule has 5 rings (SSSR count). The molecule has 2 fully saturated rings. The van der Waals surface area contributed by atoms with Crippen molar-refractivity contribution in [2.24, 2.45) is 0 Å². The Labute approximate surface area is 179 Å². The van der Waals surface area contributed by atoms with Crippen LogP contribution in [0.3, 0.4) is 0 Å². The zero-order valence-electron chi connectivity index (χ0n) is 17.2. The van der Waals surface area contributed by atoms with Crippen molar-refractivity contribution in [3.05, 3.63) is 48.8 Å². The molecule has 7 nitrogen and oxygen atoms in total. The van der Waals surface area contributed by atoms with Gasteiger partial charge in [0.05, 0.1) is 22.2 Å². The predicted molar refractivity (Wildman–Crippen MR) is 121 cm³/mol. The number of piperazine rings is 1. The fourth-order valence-electron chi connectivity index (χ4n) is 4.35. The molecule has 0 aliphatic carbocycles. The molecular weight excluding hydrogens is 398 g/mol. The van der Waals surface area contributed by atoms with Crippen LogP contribution in [0.25, 0.3) is 11.0 Å². The first-order chi connectivity index (χ1) is 14.7. The first-order valence-corrected chi connectivity index (χ1v) is 11.6. The van der Waals surface area contributed by atoms with E-state index in [2.05, 4.69) is 26.2 Å². The van der Waals surface area contributed by atoms with E-state index >= 15 is 0 Å². The first-order valence-electron chi connectivity index (χ1n) is 10.5. The number of rotatable bonds is 5. The highest BCUT2D eigenvalue weighted by Crippen LogP contribution is 2.31. The number of pyridine rings is 1. The van der Waals surface area contributed by atoms with Gasteiger partial charge in [0.1, 0.15) is 5.52 Å². The molecule has 30 heavy (non-hydrogen) atoms. The lowest BCUT2D eigenvalue weighted by atomic mass is 10.3. The van der Waals surface area contributed by atoms with E-state index in [1.807, 2.05) is 46.7 Å². The molecule has 2 saturated heterocycles. The minimum absolute atomic E-state index is 0.264. The van der Waals surface area contributed by atoms with Crippen molar-refractivity contribution >= 4 is 33.4 Å². The second-order valence-corrected chi connectivity index (χ2v) is 9.15. The Hall–Kier alpha value is -2.42. The Morgan fingerprint density at radius 2 is 2.00 bits per heavy atom. The van der Waals surface area contributed by atoms with E-state index in [1.54, 1.807) is 7.11 Å². The van der Waals surface area contributed by atoms with Gasteiger partial charge in [-0.05, 0) is 36.8 Å². The van der Waals surface area contributed by atoms with Gasteiger partial charge in [-0.2, -0.15) is 0 Å². The molecule has 2 aliphatic heterocycles. The van der Waals surface area contributed by atoms with Gasteiger partial charge in [-0.1, -0.05) is 6.07 Å². The first kappa shape index (κ1) is 19.5. The molecule has 1 N–H and O–H groups in total. The van der Waals surface area contributed by atoms with E-state index < -0.39 is 11.0 Å². The number of benzene rings is 1. The SMILES string of the molecule is CO[C@H]1CCN(c2cccc(S(=O)n3cc(N4CCNCC4)c4ncccc43)c2)C1. The Kier molecular flexibility index (Phi) is 5.45. The third-order valence-corrected chi connectivity index (χ3v) is 7.32. The van der Waals surface area contributed by atoms with Crippen molar-refractivity contribution in [2.45, 2.75) is 17.4 Å². The Morgan fingerprint density at radius 3 is 2.80 bits per heavy atom. The Morgan fingerprint density at radius 1 is 1.13 bits per heavy atom. The lowest BCUT2D eigenvalue weighted by Gasteiger charge is -2.28. The van der Waals surface area contributed by atoms with Crippen LogP contribution in [0.4, 0.5) is 11.4 Å². The summed E-state index contributed by atoms with van der Waals surface area (Å²) in [5, 5.41) is 3.39. The Balaban J connectivity index is 1.49. The normalized spacial score (nSPS) is 20.8. The van der Waals surface area contributed by atoms with Crippen molar-refractivity contribution in [3.63, 3.8) is 0 Å². The van der Waals surface area contributed by atoms with Crippen LogP contribution in [0.5, 0.6) is 0 Å². The van der Waals surface area contributed by atoms with E-state index in [1.165, 1.54) is 0 Å². The molecule has 1 aromatic carbocycles. The summed E-state index contributed by atoms with van der Waals surface area (Å²) in [5.41, 5.74) is 3.96. The molecule has 0 bridgehead atoms. The minimum atomic E-state index is -1.35. The van der Waals surface area contributed by atoms with Crippen LogP contribution >= 0.6 is 0 Å². The molecular formula is C22H27N5O2S. The number of anilines is 2. The van der Waals surface area contributed by atoms with Gasteiger partial charge >= 0.3 is 0 Å². The second-order valence-electron chi connectivity index (χ2n) is 7.79. The van der Waals surface area contributed by atoms with Crippen molar-refractivity contribution in [1.82, 2.24) is 14.3 Å². The molecule has 0 amide bonds. The fraction of sp³-hybridized carbons (Fsp3) is 0.409. The van der Waals surface area contributed by atoms with Gasteiger partial charge in [-0.15, -0.1) is 0 Å². The van der Waals surface area contributed by atoms with E-state index in [-0.39, 0.29) is 6.10 Å². The van der Waals surface area contributed by atoms with Crippen molar-refractivity contribution in [3.8, 4) is 0 Å². The van der Waals surface area contributed by atoms with Crippen LogP contribution < -0.4 is 15.1 Å². The number of fused-ring (bicyclic) bond motifs is 1. The van der Waals surface area contributed by atoms with E-state index in [0.717, 1.165) is 73.0 Å². The van der Waals surface area contributed by atoms with Gasteiger partial charge in [0.2, 0.25) is 0 Å². The summed E-state index contributed by atoms with van der Waals surface area (Å²) >= 11 is 0. The minimum Gasteiger partial charge on any atom is -0.380 e.